The molecule has 0 aliphatic rings. The second kappa shape index (κ2) is 5.14. The average molecular weight is 358 g/mol. The van der Waals surface area contributed by atoms with E-state index in [0.29, 0.717) is 16.8 Å². The molecule has 0 saturated carbocycles. The highest BCUT2D eigenvalue weighted by atomic mass is 79.9. The molecule has 2 rings (SSSR count). The molecule has 0 unspecified atom stereocenters. The van der Waals surface area contributed by atoms with Gasteiger partial charge in [0.1, 0.15) is 10.3 Å². The molecule has 1 aromatic carbocycles. The maximum Gasteiger partial charge on any atom is 0.268 e. The molecule has 0 atom stereocenters. The molecule has 0 N–H and O–H groups in total. The summed E-state index contributed by atoms with van der Waals surface area (Å²) in [6.45, 7) is 2.36. The number of hydrogen-bond acceptors (Lipinski definition) is 2. The lowest BCUT2D eigenvalue weighted by Crippen LogP contribution is -2.24. The van der Waals surface area contributed by atoms with Crippen LogP contribution in [0.25, 0.3) is 0 Å². The second-order valence-corrected chi connectivity index (χ2v) is 5.44. The number of halogens is 2. The van der Waals surface area contributed by atoms with Crippen LogP contribution < -0.4 is 5.56 Å². The van der Waals surface area contributed by atoms with Crippen molar-refractivity contribution in [1.29, 1.82) is 0 Å². The molecule has 0 saturated heterocycles. The van der Waals surface area contributed by atoms with E-state index in [0.717, 1.165) is 10.0 Å². The predicted molar refractivity (Wildman–Crippen MR) is 74.2 cm³/mol. The molecular weight excluding hydrogens is 348 g/mol. The number of benzene rings is 1. The fourth-order valence-electron chi connectivity index (χ4n) is 1.51. The quantitative estimate of drug-likeness (QED) is 0.827. The maximum absolute atomic E-state index is 11.9. The summed E-state index contributed by atoms with van der Waals surface area (Å²) in [7, 11) is 0. The first-order chi connectivity index (χ1) is 8.08. The van der Waals surface area contributed by atoms with Gasteiger partial charge in [-0.2, -0.15) is 0 Å². The van der Waals surface area contributed by atoms with Crippen LogP contribution in [-0.4, -0.2) is 9.55 Å². The molecule has 0 amide bonds. The molecule has 0 bridgehead atoms. The van der Waals surface area contributed by atoms with E-state index >= 15 is 0 Å². The van der Waals surface area contributed by atoms with Crippen molar-refractivity contribution in [3.05, 3.63) is 61.1 Å². The predicted octanol–water partition coefficient (Wildman–Crippen LogP) is 3.13. The van der Waals surface area contributed by atoms with Gasteiger partial charge in [-0.25, -0.2) is 4.98 Å². The van der Waals surface area contributed by atoms with Crippen molar-refractivity contribution in [2.75, 3.05) is 0 Å². The van der Waals surface area contributed by atoms with Crippen molar-refractivity contribution >= 4 is 31.9 Å². The molecule has 0 fully saturated rings. The third-order valence-corrected chi connectivity index (χ3v) is 3.53. The van der Waals surface area contributed by atoms with Crippen LogP contribution in [0.5, 0.6) is 0 Å². The van der Waals surface area contributed by atoms with E-state index in [1.54, 1.807) is 4.57 Å². The van der Waals surface area contributed by atoms with E-state index in [1.165, 1.54) is 6.20 Å². The summed E-state index contributed by atoms with van der Waals surface area (Å²) < 4.78 is 3.16. The Hall–Kier alpha value is -0.940. The minimum atomic E-state index is -0.0552. The minimum Gasteiger partial charge on any atom is -0.291 e. The van der Waals surface area contributed by atoms with Crippen LogP contribution >= 0.6 is 31.9 Å². The van der Waals surface area contributed by atoms with Crippen molar-refractivity contribution in [3.8, 4) is 0 Å². The Labute approximate surface area is 116 Å². The molecule has 88 valence electrons. The Morgan fingerprint density at radius 1 is 1.24 bits per heavy atom. The zero-order chi connectivity index (χ0) is 12.4. The number of aromatic nitrogens is 2. The van der Waals surface area contributed by atoms with Crippen molar-refractivity contribution < 1.29 is 0 Å². The van der Waals surface area contributed by atoms with Gasteiger partial charge in [-0.05, 0) is 40.5 Å². The van der Waals surface area contributed by atoms with Gasteiger partial charge < -0.3 is 0 Å². The second-order valence-electron chi connectivity index (χ2n) is 3.67. The van der Waals surface area contributed by atoms with Crippen LogP contribution in [-0.2, 0) is 6.54 Å². The van der Waals surface area contributed by atoms with Gasteiger partial charge >= 0.3 is 0 Å². The molecule has 1 aromatic heterocycles. The van der Waals surface area contributed by atoms with Crippen LogP contribution in [0.3, 0.4) is 0 Å². The molecule has 17 heavy (non-hydrogen) atoms. The van der Waals surface area contributed by atoms with Gasteiger partial charge in [0.2, 0.25) is 0 Å². The van der Waals surface area contributed by atoms with Gasteiger partial charge in [0.05, 0.1) is 6.54 Å². The fourth-order valence-corrected chi connectivity index (χ4v) is 2.09. The van der Waals surface area contributed by atoms with Gasteiger partial charge in [0.15, 0.2) is 0 Å². The lowest BCUT2D eigenvalue weighted by atomic mass is 10.2. The SMILES string of the molecule is Cc1ncc(Br)c(=O)n1Cc1ccc(Br)cc1. The lowest BCUT2D eigenvalue weighted by molar-refractivity contribution is 0.695. The number of nitrogens with zero attached hydrogens (tertiary/aromatic N) is 2. The van der Waals surface area contributed by atoms with E-state index in [-0.39, 0.29) is 5.56 Å². The number of rotatable bonds is 2. The van der Waals surface area contributed by atoms with Crippen molar-refractivity contribution in [3.63, 3.8) is 0 Å². The molecule has 1 heterocycles. The highest BCUT2D eigenvalue weighted by Crippen LogP contribution is 2.12. The van der Waals surface area contributed by atoms with Gasteiger partial charge in [0, 0.05) is 10.7 Å². The summed E-state index contributed by atoms with van der Waals surface area (Å²) in [6, 6.07) is 7.88. The number of aryl methyl sites for hydroxylation is 1. The molecule has 0 radical (unpaired) electrons. The molecule has 0 spiro atoms. The average Bonchev–Trinajstić information content (AvgIpc) is 2.32. The first-order valence-corrected chi connectivity index (χ1v) is 6.63. The third kappa shape index (κ3) is 2.84. The van der Waals surface area contributed by atoms with E-state index in [4.69, 9.17) is 0 Å². The van der Waals surface area contributed by atoms with Gasteiger partial charge in [-0.1, -0.05) is 28.1 Å². The molecule has 3 nitrogen and oxygen atoms in total. The Bertz CT molecular complexity index is 590. The van der Waals surface area contributed by atoms with Crippen LogP contribution in [0.1, 0.15) is 11.4 Å². The van der Waals surface area contributed by atoms with E-state index in [2.05, 4.69) is 36.8 Å². The first-order valence-electron chi connectivity index (χ1n) is 5.04. The topological polar surface area (TPSA) is 34.9 Å². The zero-order valence-corrected chi connectivity index (χ0v) is 12.3. The summed E-state index contributed by atoms with van der Waals surface area (Å²) in [4.78, 5) is 16.1. The van der Waals surface area contributed by atoms with Crippen molar-refractivity contribution in [2.45, 2.75) is 13.5 Å². The molecule has 2 aromatic rings. The van der Waals surface area contributed by atoms with Gasteiger partial charge in [-0.15, -0.1) is 0 Å². The molecular formula is C12H10Br2N2O. The van der Waals surface area contributed by atoms with Gasteiger partial charge in [-0.3, -0.25) is 9.36 Å². The van der Waals surface area contributed by atoms with E-state index in [1.807, 2.05) is 31.2 Å². The minimum absolute atomic E-state index is 0.0552. The normalized spacial score (nSPS) is 10.5. The molecule has 0 aliphatic heterocycles. The number of hydrogen-bond donors (Lipinski definition) is 0. The Morgan fingerprint density at radius 2 is 1.88 bits per heavy atom. The standard InChI is InChI=1S/C12H10Br2N2O/c1-8-15-6-11(14)12(17)16(8)7-9-2-4-10(13)5-3-9/h2-6H,7H2,1H3. The third-order valence-electron chi connectivity index (χ3n) is 2.46. The molecule has 5 heteroatoms. The van der Waals surface area contributed by atoms with Crippen LogP contribution in [0.15, 0.2) is 44.2 Å². The summed E-state index contributed by atoms with van der Waals surface area (Å²) in [5.41, 5.74) is 1.01. The van der Waals surface area contributed by atoms with Crippen molar-refractivity contribution in [1.82, 2.24) is 9.55 Å². The fraction of sp³-hybridized carbons (Fsp3) is 0.167. The Kier molecular flexibility index (Phi) is 3.79. The largest absolute Gasteiger partial charge is 0.291 e. The summed E-state index contributed by atoms with van der Waals surface area (Å²) in [5, 5.41) is 0. The van der Waals surface area contributed by atoms with E-state index < -0.39 is 0 Å². The van der Waals surface area contributed by atoms with Crippen LogP contribution in [0.4, 0.5) is 0 Å². The monoisotopic (exact) mass is 356 g/mol. The highest BCUT2D eigenvalue weighted by Gasteiger charge is 2.05. The summed E-state index contributed by atoms with van der Waals surface area (Å²) in [6.07, 6.45) is 1.54. The van der Waals surface area contributed by atoms with E-state index in [9.17, 15) is 4.79 Å². The summed E-state index contributed by atoms with van der Waals surface area (Å²) >= 11 is 6.58. The Morgan fingerprint density at radius 3 is 2.53 bits per heavy atom. The van der Waals surface area contributed by atoms with Crippen LogP contribution in [0.2, 0.25) is 0 Å². The van der Waals surface area contributed by atoms with Crippen LogP contribution in [0, 0.1) is 6.92 Å². The Balaban J connectivity index is 2.39. The zero-order valence-electron chi connectivity index (χ0n) is 9.15. The highest BCUT2D eigenvalue weighted by molar-refractivity contribution is 9.10. The lowest BCUT2D eigenvalue weighted by Gasteiger charge is -2.09. The smallest absolute Gasteiger partial charge is 0.268 e. The molecule has 0 aliphatic carbocycles. The maximum atomic E-state index is 11.9. The first kappa shape index (κ1) is 12.5. The van der Waals surface area contributed by atoms with Crippen molar-refractivity contribution in [2.24, 2.45) is 0 Å². The van der Waals surface area contributed by atoms with Gasteiger partial charge in [0.25, 0.3) is 5.56 Å². The summed E-state index contributed by atoms with van der Waals surface area (Å²) in [5.74, 6) is 0.709.